The highest BCUT2D eigenvalue weighted by molar-refractivity contribution is 7.97. The van der Waals surface area contributed by atoms with Crippen molar-refractivity contribution >= 4 is 54.4 Å². The van der Waals surface area contributed by atoms with E-state index < -0.39 is 55.9 Å². The molecular weight excluding hydrogens is 1140 g/mol. The highest BCUT2D eigenvalue weighted by Gasteiger charge is 2.40. The number of hydrogen-bond acceptors (Lipinski definition) is 10. The Labute approximate surface area is 474 Å². The smallest absolute Gasteiger partial charge is 0.367 e. The fourth-order valence-corrected chi connectivity index (χ4v) is 9.01. The number of benzene rings is 5. The summed E-state index contributed by atoms with van der Waals surface area (Å²) in [6, 6.07) is 53.9. The highest BCUT2D eigenvalue weighted by Crippen LogP contribution is 2.30. The Morgan fingerprint density at radius 2 is 0.692 bits per heavy atom. The van der Waals surface area contributed by atoms with Crippen molar-refractivity contribution in [2.75, 3.05) is 39.4 Å². The minimum atomic E-state index is -5.81. The molecule has 0 radical (unpaired) electrons. The first-order valence-corrected chi connectivity index (χ1v) is 29.4. The normalized spacial score (nSPS) is 11.2. The molecule has 0 unspecified atom stereocenters. The van der Waals surface area contributed by atoms with E-state index in [1.54, 1.807) is 9.80 Å². The predicted molar refractivity (Wildman–Crippen MR) is 296 cm³/mol. The molecule has 0 aromatic heterocycles. The molecule has 0 bridgehead atoms. The maximum Gasteiger partial charge on any atom is 0.367 e. The van der Waals surface area contributed by atoms with Crippen LogP contribution < -0.4 is 26.8 Å². The molecule has 0 atom stereocenters. The second-order valence-corrected chi connectivity index (χ2v) is 22.5. The first kappa shape index (κ1) is 72.8. The van der Waals surface area contributed by atoms with Crippen LogP contribution in [-0.2, 0) is 50.2 Å². The average molecular weight is 1210 g/mol. The maximum atomic E-state index is 12.3. The Hall–Kier alpha value is -5.19. The number of rotatable bonds is 25. The summed E-state index contributed by atoms with van der Waals surface area (Å²) in [6.07, 6.45) is 10.5. The Balaban J connectivity index is 0.000000954. The maximum absolute atomic E-state index is 12.3. The van der Waals surface area contributed by atoms with E-state index in [0.717, 1.165) is 0 Å². The van der Waals surface area contributed by atoms with Gasteiger partial charge in [0.05, 0.1) is 37.1 Å². The van der Waals surface area contributed by atoms with Gasteiger partial charge in [-0.2, -0.15) is 17.6 Å². The van der Waals surface area contributed by atoms with Crippen molar-refractivity contribution in [3.8, 4) is 0 Å². The fourth-order valence-electron chi connectivity index (χ4n) is 6.50. The lowest BCUT2D eigenvalue weighted by Gasteiger charge is -2.19. The third kappa shape index (κ3) is 29.1. The number of ether oxygens (including phenoxy) is 2. The number of esters is 2. The Kier molecular flexibility index (Phi) is 36.6. The lowest BCUT2D eigenvalue weighted by atomic mass is 10.2. The fraction of sp³-hybridized carbons (Fsp3) is 0.379. The van der Waals surface area contributed by atoms with Crippen molar-refractivity contribution in [1.82, 2.24) is 0 Å². The van der Waals surface area contributed by atoms with Gasteiger partial charge in [0.1, 0.15) is 11.4 Å². The highest BCUT2D eigenvalue weighted by atomic mass is 79.9. The Bertz CT molecular complexity index is 2430. The number of para-hydroxylation sites is 2. The number of unbranched alkanes of at least 4 members (excludes halogenated alkanes) is 4. The number of carbonyl (C=O) groups excluding carboxylic acids is 2. The summed E-state index contributed by atoms with van der Waals surface area (Å²) in [5.74, 6) is -2.37. The molecule has 0 saturated carbocycles. The molecule has 0 aliphatic carbocycles. The third-order valence-electron chi connectivity index (χ3n) is 10.8. The van der Waals surface area contributed by atoms with Crippen molar-refractivity contribution in [1.29, 1.82) is 0 Å². The lowest BCUT2D eigenvalue weighted by molar-refractivity contribution is -0.833. The van der Waals surface area contributed by atoms with Gasteiger partial charge in [0.2, 0.25) is 0 Å². The van der Waals surface area contributed by atoms with Gasteiger partial charge in [0.15, 0.2) is 48.1 Å². The van der Waals surface area contributed by atoms with Gasteiger partial charge in [-0.3, -0.25) is 0 Å². The van der Waals surface area contributed by atoms with Gasteiger partial charge in [-0.25, -0.2) is 26.4 Å². The minimum Gasteiger partial charge on any atom is -1.00 e. The van der Waals surface area contributed by atoms with E-state index in [1.807, 2.05) is 0 Å². The van der Waals surface area contributed by atoms with Gasteiger partial charge in [-0.15, -0.1) is 0 Å². The van der Waals surface area contributed by atoms with Crippen molar-refractivity contribution in [3.05, 3.63) is 176 Å². The first-order valence-electron chi connectivity index (χ1n) is 25.4. The molecule has 12 nitrogen and oxygen atoms in total. The molecule has 0 heterocycles. The van der Waals surface area contributed by atoms with E-state index >= 15 is 0 Å². The molecule has 0 aliphatic rings. The van der Waals surface area contributed by atoms with Crippen LogP contribution in [0.3, 0.4) is 0 Å². The number of alkyl halides is 4. The number of hydrogen-bond donors (Lipinski definition) is 2. The molecule has 5 aromatic carbocycles. The summed E-state index contributed by atoms with van der Waals surface area (Å²) < 4.78 is 117. The third-order valence-corrected chi connectivity index (χ3v) is 14.7. The molecule has 78 heavy (non-hydrogen) atoms. The van der Waals surface area contributed by atoms with Crippen molar-refractivity contribution < 1.29 is 89.3 Å². The summed E-state index contributed by atoms with van der Waals surface area (Å²) in [7, 11) is -11.6. The lowest BCUT2D eigenvalue weighted by Crippen LogP contribution is -3.07. The number of nitrogens with one attached hydrogen (secondary N) is 2. The van der Waals surface area contributed by atoms with Crippen LogP contribution in [-0.4, -0.2) is 87.8 Å². The Morgan fingerprint density at radius 1 is 0.474 bits per heavy atom. The summed E-state index contributed by atoms with van der Waals surface area (Å²) in [5.41, 5.74) is 2.56. The number of halogens is 5. The number of quaternary nitrogens is 2. The summed E-state index contributed by atoms with van der Waals surface area (Å²) in [4.78, 5) is 28.5. The molecule has 0 saturated heterocycles. The van der Waals surface area contributed by atoms with Crippen molar-refractivity contribution in [2.24, 2.45) is 0 Å². The average Bonchev–Trinajstić information content (AvgIpc) is 3.41. The predicted octanol–water partition coefficient (Wildman–Crippen LogP) is 7.88. The van der Waals surface area contributed by atoms with Crippen LogP contribution in [0.1, 0.15) is 92.9 Å². The second kappa shape index (κ2) is 39.2. The van der Waals surface area contributed by atoms with Crippen LogP contribution in [0.2, 0.25) is 0 Å². The van der Waals surface area contributed by atoms with Crippen LogP contribution in [0.15, 0.2) is 191 Å². The zero-order valence-corrected chi connectivity index (χ0v) is 49.5. The minimum absolute atomic E-state index is 0. The molecule has 2 N–H and O–H groups in total. The van der Waals surface area contributed by atoms with Gasteiger partial charge in [-0.05, 0) is 100 Å². The van der Waals surface area contributed by atoms with Crippen LogP contribution in [0.4, 0.5) is 28.9 Å². The quantitative estimate of drug-likeness (QED) is 0.0192. The summed E-state index contributed by atoms with van der Waals surface area (Å²) >= 11 is 0. The molecule has 5 rings (SSSR count). The van der Waals surface area contributed by atoms with Crippen LogP contribution in [0.25, 0.3) is 0 Å². The van der Waals surface area contributed by atoms with Gasteiger partial charge in [0.25, 0.3) is 0 Å². The molecule has 20 heteroatoms. The second-order valence-electron chi connectivity index (χ2n) is 17.5. The van der Waals surface area contributed by atoms with E-state index in [-0.39, 0.29) is 39.0 Å². The van der Waals surface area contributed by atoms with Crippen LogP contribution >= 0.6 is 0 Å². The Morgan fingerprint density at radius 3 is 0.885 bits per heavy atom. The van der Waals surface area contributed by atoms with Gasteiger partial charge >= 0.3 is 22.4 Å². The molecule has 0 spiro atoms. The van der Waals surface area contributed by atoms with E-state index in [4.69, 9.17) is 0 Å². The largest absolute Gasteiger partial charge is 1.00 e. The number of carbonyl (C=O) groups is 2. The molecule has 0 amide bonds. The van der Waals surface area contributed by atoms with E-state index in [9.17, 15) is 53.1 Å². The molecular formula is C58H77BrF4N2O10S3. The van der Waals surface area contributed by atoms with Crippen molar-refractivity contribution in [3.63, 3.8) is 0 Å². The summed E-state index contributed by atoms with van der Waals surface area (Å²) in [5, 5.41) is -9.23. The van der Waals surface area contributed by atoms with E-state index in [1.165, 1.54) is 117 Å². The van der Waals surface area contributed by atoms with Gasteiger partial charge < -0.3 is 45.4 Å². The van der Waals surface area contributed by atoms with Crippen molar-refractivity contribution in [2.45, 2.75) is 118 Å². The van der Waals surface area contributed by atoms with Gasteiger partial charge in [0, 0.05) is 11.1 Å². The first-order chi connectivity index (χ1) is 36.4. The SMILES string of the molecule is C=C(C)C(=O)OCC(F)(F)S(=O)(=O)[O-].C=C(C)C(=O)OCC(F)(F)S(=O)(=O)[O-].CCCC[NH+](CCCC)c1ccccc1.CCCC[NH+](CCCC)c1ccccc1.[Br-].c1ccc([S+](c2ccccc2)c2ccccc2)cc1. The summed E-state index contributed by atoms with van der Waals surface area (Å²) in [6.45, 7) is 19.1. The molecule has 5 aromatic rings. The standard InChI is InChI=1S/C18H15S.2C14H23N.2C6H8F2O5S.BrH/c1-4-10-16(11-5-1)19(17-12-6-2-7-13-17)18-14-8-3-9-15-18;2*1-3-5-12-15(13-6-4-2)14-10-8-7-9-11-14;2*1-4(2)5(9)13-3-6(7,8)14(10,11)12;/h1-15H;2*7-11H,3-6,12-13H2,1-2H3;2*1,3H2,2H3,(H,10,11,12);1H/q+1;;;;;/p-1. The zero-order valence-electron chi connectivity index (χ0n) is 45.4. The van der Waals surface area contributed by atoms with Crippen LogP contribution in [0, 0.1) is 0 Å². The monoisotopic (exact) mass is 1210 g/mol. The van der Waals surface area contributed by atoms with Gasteiger partial charge in [-0.1, -0.05) is 158 Å². The molecule has 432 valence electrons. The molecule has 0 aliphatic heterocycles. The topological polar surface area (TPSA) is 176 Å². The van der Waals surface area contributed by atoms with Crippen LogP contribution in [0.5, 0.6) is 0 Å². The zero-order chi connectivity index (χ0) is 57.9. The van der Waals surface area contributed by atoms with E-state index in [0.29, 0.717) is 0 Å². The van der Waals surface area contributed by atoms with E-state index in [2.05, 4.69) is 202 Å². The molecule has 0 fully saturated rings.